The summed E-state index contributed by atoms with van der Waals surface area (Å²) in [6.45, 7) is 7.91. The summed E-state index contributed by atoms with van der Waals surface area (Å²) in [4.78, 5) is 11.9. The molecule has 0 fully saturated rings. The molecule has 1 atom stereocenters. The van der Waals surface area contributed by atoms with Crippen LogP contribution in [0.15, 0.2) is 12.1 Å². The van der Waals surface area contributed by atoms with E-state index in [4.69, 9.17) is 0 Å². The highest BCUT2D eigenvalue weighted by atomic mass is 19.1. The highest BCUT2D eigenvalue weighted by Gasteiger charge is 2.17. The van der Waals surface area contributed by atoms with Gasteiger partial charge in [-0.2, -0.15) is 0 Å². The summed E-state index contributed by atoms with van der Waals surface area (Å²) in [6, 6.07) is 2.03. The van der Waals surface area contributed by atoms with Crippen molar-refractivity contribution >= 4 is 11.6 Å². The third-order valence-electron chi connectivity index (χ3n) is 3.02. The molecule has 0 bridgehead atoms. The van der Waals surface area contributed by atoms with E-state index >= 15 is 0 Å². The molecule has 0 radical (unpaired) electrons. The molecule has 5 heteroatoms. The normalized spacial score (nSPS) is 12.4. The van der Waals surface area contributed by atoms with E-state index in [9.17, 15) is 13.6 Å². The maximum atomic E-state index is 13.7. The Labute approximate surface area is 112 Å². The Morgan fingerprint density at radius 3 is 2.16 bits per heavy atom. The van der Waals surface area contributed by atoms with E-state index in [2.05, 4.69) is 10.6 Å². The van der Waals surface area contributed by atoms with E-state index in [1.165, 1.54) is 0 Å². The summed E-state index contributed by atoms with van der Waals surface area (Å²) >= 11 is 0. The lowest BCUT2D eigenvalue weighted by Gasteiger charge is -2.17. The lowest BCUT2D eigenvalue weighted by molar-refractivity contribution is 0.0929. The standard InChI is InChI=1S/C14H20F2N2O/c1-5-17-13-11(15)6-10(7-12(13)16)14(19)18-9(4)8(2)3/h6-9,17H,5H2,1-4H3,(H,18,19). The summed E-state index contributed by atoms with van der Waals surface area (Å²) in [7, 11) is 0. The van der Waals surface area contributed by atoms with Crippen molar-refractivity contribution in [3.8, 4) is 0 Å². The first kappa shape index (κ1) is 15.4. The molecule has 1 unspecified atom stereocenters. The van der Waals surface area contributed by atoms with Crippen LogP contribution in [0.1, 0.15) is 38.1 Å². The second-order valence-corrected chi connectivity index (χ2v) is 4.85. The van der Waals surface area contributed by atoms with E-state index in [1.807, 2.05) is 20.8 Å². The van der Waals surface area contributed by atoms with Gasteiger partial charge in [-0.1, -0.05) is 13.8 Å². The molecule has 3 nitrogen and oxygen atoms in total. The van der Waals surface area contributed by atoms with E-state index in [-0.39, 0.29) is 23.2 Å². The van der Waals surface area contributed by atoms with Crippen molar-refractivity contribution in [2.24, 2.45) is 5.92 Å². The molecule has 0 aliphatic rings. The van der Waals surface area contributed by atoms with Crippen LogP contribution >= 0.6 is 0 Å². The van der Waals surface area contributed by atoms with Crippen LogP contribution in [-0.4, -0.2) is 18.5 Å². The van der Waals surface area contributed by atoms with Crippen LogP contribution < -0.4 is 10.6 Å². The second-order valence-electron chi connectivity index (χ2n) is 4.85. The van der Waals surface area contributed by atoms with Crippen molar-refractivity contribution < 1.29 is 13.6 Å². The van der Waals surface area contributed by atoms with Crippen LogP contribution in [0.2, 0.25) is 0 Å². The fraction of sp³-hybridized carbons (Fsp3) is 0.500. The van der Waals surface area contributed by atoms with Gasteiger partial charge in [0.1, 0.15) is 17.3 Å². The minimum atomic E-state index is -0.760. The van der Waals surface area contributed by atoms with Gasteiger partial charge in [0.15, 0.2) is 0 Å². The van der Waals surface area contributed by atoms with E-state index in [0.717, 1.165) is 12.1 Å². The minimum Gasteiger partial charge on any atom is -0.381 e. The Morgan fingerprint density at radius 1 is 1.21 bits per heavy atom. The van der Waals surface area contributed by atoms with Crippen molar-refractivity contribution in [3.63, 3.8) is 0 Å². The van der Waals surface area contributed by atoms with Gasteiger partial charge in [-0.15, -0.1) is 0 Å². The zero-order valence-electron chi connectivity index (χ0n) is 11.7. The summed E-state index contributed by atoms with van der Waals surface area (Å²) in [5, 5.41) is 5.30. The second kappa shape index (κ2) is 6.50. The van der Waals surface area contributed by atoms with Crippen molar-refractivity contribution in [1.82, 2.24) is 5.32 Å². The molecule has 0 aliphatic heterocycles. The summed E-state index contributed by atoms with van der Waals surface area (Å²) < 4.78 is 27.3. The first-order valence-electron chi connectivity index (χ1n) is 6.40. The largest absolute Gasteiger partial charge is 0.381 e. The maximum Gasteiger partial charge on any atom is 0.251 e. The zero-order valence-corrected chi connectivity index (χ0v) is 11.7. The van der Waals surface area contributed by atoms with Gasteiger partial charge in [0, 0.05) is 18.2 Å². The zero-order chi connectivity index (χ0) is 14.6. The maximum absolute atomic E-state index is 13.7. The number of carbonyl (C=O) groups excluding carboxylic acids is 1. The van der Waals surface area contributed by atoms with Crippen molar-refractivity contribution in [2.45, 2.75) is 33.7 Å². The molecule has 106 valence electrons. The van der Waals surface area contributed by atoms with Crippen molar-refractivity contribution in [1.29, 1.82) is 0 Å². The van der Waals surface area contributed by atoms with Gasteiger partial charge >= 0.3 is 0 Å². The number of benzene rings is 1. The fourth-order valence-corrected chi connectivity index (χ4v) is 1.51. The summed E-state index contributed by atoms with van der Waals surface area (Å²) in [6.07, 6.45) is 0. The number of rotatable bonds is 5. The Bertz CT molecular complexity index is 438. The van der Waals surface area contributed by atoms with Gasteiger partial charge < -0.3 is 10.6 Å². The molecule has 0 saturated carbocycles. The molecular formula is C14H20F2N2O. The number of anilines is 1. The number of amides is 1. The molecular weight excluding hydrogens is 250 g/mol. The number of hydrogen-bond donors (Lipinski definition) is 2. The molecule has 0 spiro atoms. The molecule has 0 saturated heterocycles. The van der Waals surface area contributed by atoms with Crippen LogP contribution in [0.25, 0.3) is 0 Å². The Kier molecular flexibility index (Phi) is 5.27. The predicted octanol–water partition coefficient (Wildman–Crippen LogP) is 3.17. The monoisotopic (exact) mass is 270 g/mol. The molecule has 0 aliphatic carbocycles. The molecule has 19 heavy (non-hydrogen) atoms. The lowest BCUT2D eigenvalue weighted by atomic mass is 10.1. The third-order valence-corrected chi connectivity index (χ3v) is 3.02. The smallest absolute Gasteiger partial charge is 0.251 e. The number of nitrogens with one attached hydrogen (secondary N) is 2. The van der Waals surface area contributed by atoms with Gasteiger partial charge in [-0.3, -0.25) is 4.79 Å². The van der Waals surface area contributed by atoms with Gasteiger partial charge in [-0.25, -0.2) is 8.78 Å². The first-order valence-corrected chi connectivity index (χ1v) is 6.40. The van der Waals surface area contributed by atoms with E-state index in [1.54, 1.807) is 6.92 Å². The van der Waals surface area contributed by atoms with Gasteiger partial charge in [0.2, 0.25) is 0 Å². The van der Waals surface area contributed by atoms with E-state index < -0.39 is 17.5 Å². The molecule has 1 amide bonds. The quantitative estimate of drug-likeness (QED) is 0.863. The van der Waals surface area contributed by atoms with Crippen LogP contribution in [-0.2, 0) is 0 Å². The summed E-state index contributed by atoms with van der Waals surface area (Å²) in [5.41, 5.74) is -0.208. The fourth-order valence-electron chi connectivity index (χ4n) is 1.51. The van der Waals surface area contributed by atoms with Crippen LogP contribution in [0.3, 0.4) is 0 Å². The number of hydrogen-bond acceptors (Lipinski definition) is 2. The Hall–Kier alpha value is -1.65. The first-order chi connectivity index (χ1) is 8.86. The molecule has 2 N–H and O–H groups in total. The Balaban J connectivity index is 2.93. The average Bonchev–Trinajstić information content (AvgIpc) is 2.33. The minimum absolute atomic E-state index is 0.0100. The van der Waals surface area contributed by atoms with Crippen LogP contribution in [0, 0.1) is 17.6 Å². The van der Waals surface area contributed by atoms with Gasteiger partial charge in [0.25, 0.3) is 5.91 Å². The molecule has 1 aromatic rings. The average molecular weight is 270 g/mol. The highest BCUT2D eigenvalue weighted by Crippen LogP contribution is 2.20. The van der Waals surface area contributed by atoms with E-state index in [0.29, 0.717) is 6.54 Å². The molecule has 1 rings (SSSR count). The third kappa shape index (κ3) is 3.91. The predicted molar refractivity (Wildman–Crippen MR) is 72.3 cm³/mol. The van der Waals surface area contributed by atoms with Crippen molar-refractivity contribution in [2.75, 3.05) is 11.9 Å². The van der Waals surface area contributed by atoms with Gasteiger partial charge in [-0.05, 0) is 31.9 Å². The lowest BCUT2D eigenvalue weighted by Crippen LogP contribution is -2.36. The Morgan fingerprint density at radius 2 is 1.74 bits per heavy atom. The molecule has 0 aromatic heterocycles. The topological polar surface area (TPSA) is 41.1 Å². The van der Waals surface area contributed by atoms with Crippen LogP contribution in [0.4, 0.5) is 14.5 Å². The molecule has 1 aromatic carbocycles. The highest BCUT2D eigenvalue weighted by molar-refractivity contribution is 5.94. The number of halogens is 2. The van der Waals surface area contributed by atoms with Gasteiger partial charge in [0.05, 0.1) is 0 Å². The van der Waals surface area contributed by atoms with Crippen molar-refractivity contribution in [3.05, 3.63) is 29.3 Å². The molecule has 0 heterocycles. The van der Waals surface area contributed by atoms with Crippen LogP contribution in [0.5, 0.6) is 0 Å². The number of carbonyl (C=O) groups is 1. The summed E-state index contributed by atoms with van der Waals surface area (Å²) in [5.74, 6) is -1.74. The SMILES string of the molecule is CCNc1c(F)cc(C(=O)NC(C)C(C)C)cc1F.